The van der Waals surface area contributed by atoms with Crippen molar-refractivity contribution in [3.05, 3.63) is 65.2 Å². The van der Waals surface area contributed by atoms with Gasteiger partial charge in [-0.15, -0.1) is 11.6 Å². The summed E-state index contributed by atoms with van der Waals surface area (Å²) < 4.78 is 0. The summed E-state index contributed by atoms with van der Waals surface area (Å²) in [5.41, 5.74) is 2.25. The van der Waals surface area contributed by atoms with Gasteiger partial charge in [-0.25, -0.2) is 0 Å². The smallest absolute Gasteiger partial charge is 0.228 e. The van der Waals surface area contributed by atoms with Crippen LogP contribution in [-0.4, -0.2) is 42.4 Å². The molecule has 1 fully saturated rings. The van der Waals surface area contributed by atoms with Gasteiger partial charge in [-0.3, -0.25) is 4.79 Å². The summed E-state index contributed by atoms with van der Waals surface area (Å²) in [5.74, 6) is 0.426. The zero-order valence-electron chi connectivity index (χ0n) is 16.4. The second-order valence-corrected chi connectivity index (χ2v) is 8.28. The van der Waals surface area contributed by atoms with Gasteiger partial charge in [-0.2, -0.15) is 0 Å². The number of amides is 1. The summed E-state index contributed by atoms with van der Waals surface area (Å²) in [5, 5.41) is 0.677. The van der Waals surface area contributed by atoms with Gasteiger partial charge in [0.25, 0.3) is 0 Å². The molecule has 2 atom stereocenters. The average Bonchev–Trinajstić information content (AvgIpc) is 3.18. The lowest BCUT2D eigenvalue weighted by atomic mass is 10.1. The number of nitrogens with zero attached hydrogens (tertiary/aromatic N) is 2. The highest BCUT2D eigenvalue weighted by Gasteiger charge is 2.37. The zero-order valence-corrected chi connectivity index (χ0v) is 17.9. The first-order valence-electron chi connectivity index (χ1n) is 9.98. The van der Waals surface area contributed by atoms with Crippen molar-refractivity contribution in [3.8, 4) is 0 Å². The molecule has 0 N–H and O–H groups in total. The van der Waals surface area contributed by atoms with Crippen LogP contribution in [0.3, 0.4) is 0 Å². The molecule has 1 saturated carbocycles. The molecule has 2 unspecified atom stereocenters. The molecule has 1 amide bonds. The van der Waals surface area contributed by atoms with Crippen molar-refractivity contribution in [3.63, 3.8) is 0 Å². The molecule has 0 spiro atoms. The van der Waals surface area contributed by atoms with E-state index in [1.807, 2.05) is 35.2 Å². The van der Waals surface area contributed by atoms with Crippen molar-refractivity contribution in [1.29, 1.82) is 0 Å². The predicted octanol–water partition coefficient (Wildman–Crippen LogP) is 5.40. The van der Waals surface area contributed by atoms with Crippen LogP contribution in [0.4, 0.5) is 5.69 Å². The number of anilines is 1. The number of carbonyl (C=O) groups is 1. The maximum Gasteiger partial charge on any atom is 0.228 e. The lowest BCUT2D eigenvalue weighted by molar-refractivity contribution is -0.118. The lowest BCUT2D eigenvalue weighted by Crippen LogP contribution is -2.50. The fourth-order valence-electron chi connectivity index (χ4n) is 4.18. The Labute approximate surface area is 178 Å². The third kappa shape index (κ3) is 5.28. The summed E-state index contributed by atoms with van der Waals surface area (Å²) in [7, 11) is 2.18. The fraction of sp³-hybridized carbons (Fsp3) is 0.435. The number of carbonyl (C=O) groups excluding carboxylic acids is 1. The Hall–Kier alpha value is -1.55. The first-order valence-corrected chi connectivity index (χ1v) is 10.9. The first-order chi connectivity index (χ1) is 13.6. The predicted molar refractivity (Wildman–Crippen MR) is 118 cm³/mol. The van der Waals surface area contributed by atoms with Crippen molar-refractivity contribution in [2.75, 3.05) is 24.4 Å². The van der Waals surface area contributed by atoms with E-state index in [9.17, 15) is 4.79 Å². The summed E-state index contributed by atoms with van der Waals surface area (Å²) in [6.07, 6.45) is 4.60. The summed E-state index contributed by atoms with van der Waals surface area (Å²) in [4.78, 5) is 17.3. The minimum atomic E-state index is 0.0886. The van der Waals surface area contributed by atoms with Crippen molar-refractivity contribution in [2.45, 2.75) is 44.2 Å². The molecule has 0 saturated heterocycles. The summed E-state index contributed by atoms with van der Waals surface area (Å²) in [6, 6.07) is 18.6. The normalized spacial score (nSPS) is 19.1. The molecule has 0 bridgehead atoms. The third-order valence-corrected chi connectivity index (χ3v) is 6.06. The van der Waals surface area contributed by atoms with Gasteiger partial charge >= 0.3 is 0 Å². The Bertz CT molecular complexity index is 751. The number of hydrogen-bond acceptors (Lipinski definition) is 2. The van der Waals surface area contributed by atoms with Crippen LogP contribution in [0.1, 0.15) is 31.2 Å². The van der Waals surface area contributed by atoms with Gasteiger partial charge < -0.3 is 9.80 Å². The number of alkyl halides is 1. The van der Waals surface area contributed by atoms with Gasteiger partial charge in [-0.1, -0.05) is 41.9 Å². The van der Waals surface area contributed by atoms with Gasteiger partial charge in [0, 0.05) is 35.6 Å². The summed E-state index contributed by atoms with van der Waals surface area (Å²) in [6.45, 7) is 0.976. The highest BCUT2D eigenvalue weighted by Crippen LogP contribution is 2.32. The van der Waals surface area contributed by atoms with Crippen molar-refractivity contribution >= 4 is 34.8 Å². The topological polar surface area (TPSA) is 23.6 Å². The molecule has 3 rings (SSSR count). The largest absolute Gasteiger partial charge is 0.308 e. The van der Waals surface area contributed by atoms with Gasteiger partial charge in [0.1, 0.15) is 0 Å². The number of likely N-dealkylation sites (N-methyl/N-ethyl adjacent to an activating group) is 1. The van der Waals surface area contributed by atoms with Crippen LogP contribution < -0.4 is 4.90 Å². The van der Waals surface area contributed by atoms with Crippen molar-refractivity contribution in [1.82, 2.24) is 4.90 Å². The molecule has 0 radical (unpaired) electrons. The van der Waals surface area contributed by atoms with Crippen LogP contribution >= 0.6 is 23.2 Å². The molecule has 1 aliphatic rings. The van der Waals surface area contributed by atoms with Crippen LogP contribution in [0.15, 0.2) is 54.6 Å². The first kappa shape index (κ1) is 21.2. The second-order valence-electron chi connectivity index (χ2n) is 7.46. The van der Waals surface area contributed by atoms with Gasteiger partial charge in [0.05, 0.1) is 6.04 Å². The van der Waals surface area contributed by atoms with E-state index in [-0.39, 0.29) is 11.9 Å². The zero-order chi connectivity index (χ0) is 19.9. The van der Waals surface area contributed by atoms with Crippen molar-refractivity contribution < 1.29 is 4.79 Å². The molecule has 28 heavy (non-hydrogen) atoms. The number of halogens is 2. The van der Waals surface area contributed by atoms with E-state index in [1.165, 1.54) is 5.56 Å². The SMILES string of the molecule is CN(CCc1ccccc1)C1CCCC1N(C(=O)CCCl)c1ccc(Cl)cc1. The lowest BCUT2D eigenvalue weighted by Gasteiger charge is -2.37. The van der Waals surface area contributed by atoms with Gasteiger partial charge in [-0.05, 0) is 62.6 Å². The maximum atomic E-state index is 13.0. The molecular formula is C23H28Cl2N2O. The van der Waals surface area contributed by atoms with E-state index in [0.29, 0.717) is 23.4 Å². The Morgan fingerprint density at radius 3 is 2.39 bits per heavy atom. The van der Waals surface area contributed by atoms with Crippen LogP contribution in [0.25, 0.3) is 0 Å². The Morgan fingerprint density at radius 1 is 1.04 bits per heavy atom. The van der Waals surface area contributed by atoms with E-state index in [1.54, 1.807) is 0 Å². The van der Waals surface area contributed by atoms with Gasteiger partial charge in [0.15, 0.2) is 0 Å². The van der Waals surface area contributed by atoms with Gasteiger partial charge in [0.2, 0.25) is 5.91 Å². The fourth-order valence-corrected chi connectivity index (χ4v) is 4.46. The van der Waals surface area contributed by atoms with E-state index in [0.717, 1.165) is 37.9 Å². The minimum Gasteiger partial charge on any atom is -0.308 e. The molecule has 0 aromatic heterocycles. The standard InChI is InChI=1S/C23H28Cl2N2O/c1-26(17-15-18-6-3-2-4-7-18)21-8-5-9-22(21)27(23(28)14-16-24)20-12-10-19(25)11-13-20/h2-4,6-7,10-13,21-22H,5,8-9,14-17H2,1H3. The quantitative estimate of drug-likeness (QED) is 0.535. The average molecular weight is 419 g/mol. The molecule has 5 heteroatoms. The number of benzene rings is 2. The van der Waals surface area contributed by atoms with E-state index in [2.05, 4.69) is 36.2 Å². The maximum absolute atomic E-state index is 13.0. The van der Waals surface area contributed by atoms with Crippen LogP contribution in [0.2, 0.25) is 5.02 Å². The van der Waals surface area contributed by atoms with E-state index >= 15 is 0 Å². The van der Waals surface area contributed by atoms with Crippen LogP contribution in [-0.2, 0) is 11.2 Å². The number of rotatable bonds is 8. The van der Waals surface area contributed by atoms with E-state index in [4.69, 9.17) is 23.2 Å². The van der Waals surface area contributed by atoms with Crippen LogP contribution in [0.5, 0.6) is 0 Å². The van der Waals surface area contributed by atoms with Crippen molar-refractivity contribution in [2.24, 2.45) is 0 Å². The highest BCUT2D eigenvalue weighted by molar-refractivity contribution is 6.30. The highest BCUT2D eigenvalue weighted by atomic mass is 35.5. The minimum absolute atomic E-state index is 0.0886. The Balaban J connectivity index is 1.76. The number of hydrogen-bond donors (Lipinski definition) is 0. The molecular weight excluding hydrogens is 391 g/mol. The second kappa shape index (κ2) is 10.3. The molecule has 1 aliphatic carbocycles. The molecule has 0 heterocycles. The van der Waals surface area contributed by atoms with E-state index < -0.39 is 0 Å². The third-order valence-electron chi connectivity index (χ3n) is 5.62. The Morgan fingerprint density at radius 2 is 1.71 bits per heavy atom. The molecule has 150 valence electrons. The molecule has 2 aromatic rings. The molecule has 2 aromatic carbocycles. The van der Waals surface area contributed by atoms with Crippen LogP contribution in [0, 0.1) is 0 Å². The molecule has 0 aliphatic heterocycles. The molecule has 3 nitrogen and oxygen atoms in total. The Kier molecular flexibility index (Phi) is 7.78. The monoisotopic (exact) mass is 418 g/mol. The summed E-state index contributed by atoms with van der Waals surface area (Å²) >= 11 is 12.0.